The van der Waals surface area contributed by atoms with Gasteiger partial charge in [0, 0.05) is 6.04 Å². The summed E-state index contributed by atoms with van der Waals surface area (Å²) < 4.78 is 10.5. The third-order valence-electron chi connectivity index (χ3n) is 3.28. The van der Waals surface area contributed by atoms with E-state index in [1.165, 1.54) is 7.11 Å². The highest BCUT2D eigenvalue weighted by molar-refractivity contribution is 5.72. The number of hydrogen-bond acceptors (Lipinski definition) is 4. The summed E-state index contributed by atoms with van der Waals surface area (Å²) in [5.74, 6) is 0.0219. The van der Waals surface area contributed by atoms with Crippen LogP contribution in [0.4, 0.5) is 0 Å². The van der Waals surface area contributed by atoms with Crippen molar-refractivity contribution < 1.29 is 14.3 Å². The van der Waals surface area contributed by atoms with Crippen LogP contribution in [-0.2, 0) is 14.3 Å². The van der Waals surface area contributed by atoms with E-state index in [2.05, 4.69) is 12.2 Å². The average molecular weight is 229 g/mol. The van der Waals surface area contributed by atoms with E-state index in [0.29, 0.717) is 12.1 Å². The molecule has 1 aliphatic carbocycles. The first-order chi connectivity index (χ1) is 7.67. The van der Waals surface area contributed by atoms with Gasteiger partial charge in [0.15, 0.2) is 0 Å². The van der Waals surface area contributed by atoms with Gasteiger partial charge < -0.3 is 14.8 Å². The Labute approximate surface area is 97.7 Å². The third-order valence-corrected chi connectivity index (χ3v) is 3.28. The molecule has 0 saturated heterocycles. The van der Waals surface area contributed by atoms with Gasteiger partial charge in [0.05, 0.1) is 25.7 Å². The first-order valence-corrected chi connectivity index (χ1v) is 6.04. The first kappa shape index (κ1) is 13.5. The summed E-state index contributed by atoms with van der Waals surface area (Å²) in [6.45, 7) is 2.84. The molecule has 1 aliphatic rings. The highest BCUT2D eigenvalue weighted by Gasteiger charge is 2.27. The van der Waals surface area contributed by atoms with Gasteiger partial charge in [0.25, 0.3) is 0 Å². The zero-order valence-corrected chi connectivity index (χ0v) is 10.5. The molecule has 94 valence electrons. The minimum absolute atomic E-state index is 0.0676. The van der Waals surface area contributed by atoms with Crippen molar-refractivity contribution in [1.29, 1.82) is 0 Å². The molecule has 1 saturated carbocycles. The van der Waals surface area contributed by atoms with Gasteiger partial charge in [-0.05, 0) is 39.7 Å². The molecule has 4 heteroatoms. The van der Waals surface area contributed by atoms with Crippen LogP contribution in [0.25, 0.3) is 0 Å². The fourth-order valence-electron chi connectivity index (χ4n) is 2.00. The van der Waals surface area contributed by atoms with Crippen LogP contribution in [0.5, 0.6) is 0 Å². The summed E-state index contributed by atoms with van der Waals surface area (Å²) in [5, 5.41) is 3.14. The van der Waals surface area contributed by atoms with Gasteiger partial charge in [-0.2, -0.15) is 0 Å². The van der Waals surface area contributed by atoms with Gasteiger partial charge >= 0.3 is 5.97 Å². The predicted molar refractivity (Wildman–Crippen MR) is 62.2 cm³/mol. The van der Waals surface area contributed by atoms with Crippen LogP contribution in [0.3, 0.4) is 0 Å². The fourth-order valence-corrected chi connectivity index (χ4v) is 2.00. The molecule has 0 aromatic heterocycles. The largest absolute Gasteiger partial charge is 0.469 e. The van der Waals surface area contributed by atoms with Crippen molar-refractivity contribution in [2.45, 2.75) is 44.8 Å². The van der Waals surface area contributed by atoms with Crippen molar-refractivity contribution >= 4 is 5.97 Å². The zero-order valence-electron chi connectivity index (χ0n) is 10.5. The van der Waals surface area contributed by atoms with Crippen LogP contribution in [0.2, 0.25) is 0 Å². The second-order valence-electron chi connectivity index (χ2n) is 4.52. The minimum atomic E-state index is -0.0676. The highest BCUT2D eigenvalue weighted by Crippen LogP contribution is 2.27. The lowest BCUT2D eigenvalue weighted by Crippen LogP contribution is -2.32. The summed E-state index contributed by atoms with van der Waals surface area (Å²) in [5.41, 5.74) is 0. The Hall–Kier alpha value is -0.610. The number of methoxy groups -OCH3 is 1. The minimum Gasteiger partial charge on any atom is -0.469 e. The molecule has 1 fully saturated rings. The summed E-state index contributed by atoms with van der Waals surface area (Å²) in [7, 11) is 3.39. The van der Waals surface area contributed by atoms with Crippen molar-refractivity contribution in [1.82, 2.24) is 5.32 Å². The molecule has 0 aliphatic heterocycles. The lowest BCUT2D eigenvalue weighted by Gasteiger charge is -2.27. The topological polar surface area (TPSA) is 47.6 Å². The van der Waals surface area contributed by atoms with E-state index >= 15 is 0 Å². The van der Waals surface area contributed by atoms with Crippen molar-refractivity contribution in [3.05, 3.63) is 0 Å². The van der Waals surface area contributed by atoms with E-state index in [1.54, 1.807) is 0 Å². The normalized spacial score (nSPS) is 27.4. The lowest BCUT2D eigenvalue weighted by molar-refractivity contribution is -0.147. The maximum absolute atomic E-state index is 11.3. The Morgan fingerprint density at radius 2 is 2.00 bits per heavy atom. The Bertz CT molecular complexity index is 212. The molecular formula is C12H23NO3. The van der Waals surface area contributed by atoms with Gasteiger partial charge in [0.2, 0.25) is 0 Å². The zero-order chi connectivity index (χ0) is 12.0. The average Bonchev–Trinajstić information content (AvgIpc) is 2.35. The molecule has 4 nitrogen and oxygen atoms in total. The number of carbonyl (C=O) groups excluding carboxylic acids is 1. The van der Waals surface area contributed by atoms with Crippen LogP contribution in [0, 0.1) is 5.92 Å². The molecule has 16 heavy (non-hydrogen) atoms. The smallest absolute Gasteiger partial charge is 0.308 e. The van der Waals surface area contributed by atoms with E-state index in [4.69, 9.17) is 9.47 Å². The Balaban J connectivity index is 2.19. The Kier molecular flexibility index (Phi) is 5.77. The van der Waals surface area contributed by atoms with E-state index < -0.39 is 0 Å². The van der Waals surface area contributed by atoms with Gasteiger partial charge in [0.1, 0.15) is 0 Å². The van der Waals surface area contributed by atoms with Crippen LogP contribution < -0.4 is 5.32 Å². The molecule has 1 rings (SSSR count). The van der Waals surface area contributed by atoms with Crippen molar-refractivity contribution in [2.24, 2.45) is 5.92 Å². The fraction of sp³-hybridized carbons (Fsp3) is 0.917. The van der Waals surface area contributed by atoms with E-state index in [0.717, 1.165) is 32.3 Å². The van der Waals surface area contributed by atoms with Crippen LogP contribution in [0.1, 0.15) is 32.6 Å². The monoisotopic (exact) mass is 229 g/mol. The maximum atomic E-state index is 11.3. The molecule has 0 amide bonds. The second kappa shape index (κ2) is 6.86. The number of esters is 1. The van der Waals surface area contributed by atoms with Crippen molar-refractivity contribution in [2.75, 3.05) is 20.8 Å². The maximum Gasteiger partial charge on any atom is 0.308 e. The van der Waals surface area contributed by atoms with E-state index in [1.807, 2.05) is 7.05 Å². The van der Waals surface area contributed by atoms with Gasteiger partial charge in [-0.1, -0.05) is 0 Å². The molecule has 0 bridgehead atoms. The molecule has 0 radical (unpaired) electrons. The molecule has 0 spiro atoms. The number of likely N-dealkylation sites (N-methyl/N-ethyl adjacent to an activating group) is 1. The molecule has 1 atom stereocenters. The van der Waals surface area contributed by atoms with E-state index in [-0.39, 0.29) is 11.9 Å². The molecule has 0 aromatic rings. The molecule has 1 N–H and O–H groups in total. The molecule has 0 aromatic carbocycles. The van der Waals surface area contributed by atoms with Gasteiger partial charge in [-0.25, -0.2) is 0 Å². The predicted octanol–water partition coefficient (Wildman–Crippen LogP) is 1.34. The van der Waals surface area contributed by atoms with Crippen LogP contribution in [0.15, 0.2) is 0 Å². The van der Waals surface area contributed by atoms with Gasteiger partial charge in [-0.15, -0.1) is 0 Å². The standard InChI is InChI=1S/C12H23NO3/c1-9(13-2)8-16-11-6-4-10(5-7-11)12(14)15-3/h9-11,13H,4-8H2,1-3H3/t9-,10-,11-/m0/s1. The summed E-state index contributed by atoms with van der Waals surface area (Å²) in [6, 6.07) is 0.387. The number of nitrogens with one attached hydrogen (secondary N) is 1. The second-order valence-corrected chi connectivity index (χ2v) is 4.52. The Morgan fingerprint density at radius 1 is 1.38 bits per heavy atom. The van der Waals surface area contributed by atoms with E-state index in [9.17, 15) is 4.79 Å². The quantitative estimate of drug-likeness (QED) is 0.723. The summed E-state index contributed by atoms with van der Waals surface area (Å²) in [6.07, 6.45) is 4.04. The number of hydrogen-bond donors (Lipinski definition) is 1. The summed E-state index contributed by atoms with van der Waals surface area (Å²) in [4.78, 5) is 11.3. The number of carbonyl (C=O) groups is 1. The number of ether oxygens (including phenoxy) is 2. The molecule has 0 unspecified atom stereocenters. The van der Waals surface area contributed by atoms with Gasteiger partial charge in [-0.3, -0.25) is 4.79 Å². The number of rotatable bonds is 5. The van der Waals surface area contributed by atoms with Crippen molar-refractivity contribution in [3.63, 3.8) is 0 Å². The Morgan fingerprint density at radius 3 is 2.50 bits per heavy atom. The lowest BCUT2D eigenvalue weighted by atomic mass is 9.87. The molecular weight excluding hydrogens is 206 g/mol. The highest BCUT2D eigenvalue weighted by atomic mass is 16.5. The third kappa shape index (κ3) is 4.10. The van der Waals surface area contributed by atoms with Crippen molar-refractivity contribution in [3.8, 4) is 0 Å². The first-order valence-electron chi connectivity index (χ1n) is 6.04. The summed E-state index contributed by atoms with van der Waals surface area (Å²) >= 11 is 0. The molecule has 0 heterocycles. The SMILES string of the molecule is CN[C@@H](C)CO[C@H]1CC[C@H](C(=O)OC)CC1. The van der Waals surface area contributed by atoms with Crippen LogP contribution in [-0.4, -0.2) is 38.9 Å². The van der Waals surface area contributed by atoms with Crippen LogP contribution >= 0.6 is 0 Å².